The summed E-state index contributed by atoms with van der Waals surface area (Å²) < 4.78 is 12.9. The molecule has 0 spiro atoms. The minimum atomic E-state index is -0.291. The lowest BCUT2D eigenvalue weighted by atomic mass is 10.2. The van der Waals surface area contributed by atoms with Crippen LogP contribution >= 0.6 is 23.4 Å². The number of benzene rings is 1. The highest BCUT2D eigenvalue weighted by Crippen LogP contribution is 2.23. The molecule has 0 radical (unpaired) electrons. The Bertz CT molecular complexity index is 487. The molecule has 0 aliphatic heterocycles. The third kappa shape index (κ3) is 3.72. The molecule has 0 fully saturated rings. The number of aromatic nitrogens is 1. The molecule has 88 valence electrons. The Balaban J connectivity index is 1.97. The summed E-state index contributed by atoms with van der Waals surface area (Å²) >= 11 is 7.36. The van der Waals surface area contributed by atoms with Gasteiger partial charge >= 0.3 is 0 Å². The first-order valence-corrected chi connectivity index (χ1v) is 6.67. The topological polar surface area (TPSA) is 12.9 Å². The van der Waals surface area contributed by atoms with Gasteiger partial charge < -0.3 is 0 Å². The number of halogens is 2. The molecule has 17 heavy (non-hydrogen) atoms. The van der Waals surface area contributed by atoms with Crippen LogP contribution in [-0.2, 0) is 11.6 Å². The molecule has 0 amide bonds. The fourth-order valence-electron chi connectivity index (χ4n) is 1.38. The summed E-state index contributed by atoms with van der Waals surface area (Å²) in [6.07, 6.45) is 2.90. The highest BCUT2D eigenvalue weighted by atomic mass is 35.5. The van der Waals surface area contributed by atoms with E-state index in [-0.39, 0.29) is 5.82 Å². The number of nitrogens with zero attached hydrogens (tertiary/aromatic N) is 1. The van der Waals surface area contributed by atoms with Gasteiger partial charge in [-0.15, -0.1) is 23.4 Å². The van der Waals surface area contributed by atoms with E-state index in [1.54, 1.807) is 18.0 Å². The maximum absolute atomic E-state index is 12.9. The summed E-state index contributed by atoms with van der Waals surface area (Å²) in [6, 6.07) is 9.55. The predicted molar refractivity (Wildman–Crippen MR) is 69.8 cm³/mol. The Hall–Kier alpha value is -1.06. The molecule has 0 atom stereocenters. The van der Waals surface area contributed by atoms with E-state index in [1.807, 2.05) is 24.3 Å². The third-order valence-electron chi connectivity index (χ3n) is 2.24. The molecule has 1 nitrogen and oxygen atoms in total. The van der Waals surface area contributed by atoms with Crippen LogP contribution in [0, 0.1) is 5.82 Å². The molecule has 0 aliphatic rings. The fraction of sp³-hybridized carbons (Fsp3) is 0.154. The van der Waals surface area contributed by atoms with Crippen molar-refractivity contribution in [1.82, 2.24) is 4.98 Å². The molecule has 0 saturated heterocycles. The lowest BCUT2D eigenvalue weighted by Gasteiger charge is -2.02. The van der Waals surface area contributed by atoms with Gasteiger partial charge in [-0.2, -0.15) is 0 Å². The summed E-state index contributed by atoms with van der Waals surface area (Å²) in [7, 11) is 0. The van der Waals surface area contributed by atoms with Gasteiger partial charge in [-0.25, -0.2) is 4.39 Å². The first kappa shape index (κ1) is 12.4. The zero-order valence-electron chi connectivity index (χ0n) is 9.07. The van der Waals surface area contributed by atoms with E-state index in [4.69, 9.17) is 11.6 Å². The van der Waals surface area contributed by atoms with Crippen molar-refractivity contribution in [2.75, 3.05) is 0 Å². The first-order valence-electron chi connectivity index (χ1n) is 5.15. The van der Waals surface area contributed by atoms with Gasteiger partial charge in [0.1, 0.15) is 5.82 Å². The molecular weight excluding hydrogens is 257 g/mol. The van der Waals surface area contributed by atoms with Crippen molar-refractivity contribution in [2.24, 2.45) is 0 Å². The quantitative estimate of drug-likeness (QED) is 0.607. The van der Waals surface area contributed by atoms with Crippen molar-refractivity contribution >= 4 is 23.4 Å². The fourth-order valence-corrected chi connectivity index (χ4v) is 2.37. The van der Waals surface area contributed by atoms with Crippen LogP contribution in [0.15, 0.2) is 47.6 Å². The highest BCUT2D eigenvalue weighted by molar-refractivity contribution is 7.98. The van der Waals surface area contributed by atoms with Crippen LogP contribution in [0.1, 0.15) is 11.1 Å². The van der Waals surface area contributed by atoms with Gasteiger partial charge in [-0.3, -0.25) is 4.98 Å². The van der Waals surface area contributed by atoms with Gasteiger partial charge in [-0.1, -0.05) is 12.1 Å². The number of pyridine rings is 1. The second-order valence-electron chi connectivity index (χ2n) is 3.58. The smallest absolute Gasteiger partial charge is 0.141 e. The molecule has 2 aromatic rings. The van der Waals surface area contributed by atoms with Gasteiger partial charge in [-0.05, 0) is 29.3 Å². The molecule has 1 heterocycles. The molecule has 0 unspecified atom stereocenters. The van der Waals surface area contributed by atoms with Gasteiger partial charge in [0, 0.05) is 22.7 Å². The second kappa shape index (κ2) is 6.03. The minimum Gasteiger partial charge on any atom is -0.261 e. The zero-order valence-corrected chi connectivity index (χ0v) is 10.6. The lowest BCUT2D eigenvalue weighted by Crippen LogP contribution is -1.85. The average molecular weight is 268 g/mol. The minimum absolute atomic E-state index is 0.291. The van der Waals surface area contributed by atoms with E-state index in [1.165, 1.54) is 12.3 Å². The lowest BCUT2D eigenvalue weighted by molar-refractivity contribution is 0.619. The highest BCUT2D eigenvalue weighted by Gasteiger charge is 1.99. The number of hydrogen-bond donors (Lipinski definition) is 0. The van der Waals surface area contributed by atoms with E-state index in [9.17, 15) is 4.39 Å². The van der Waals surface area contributed by atoms with Crippen molar-refractivity contribution in [3.63, 3.8) is 0 Å². The Labute approximate surface area is 109 Å². The zero-order chi connectivity index (χ0) is 12.1. The van der Waals surface area contributed by atoms with E-state index in [2.05, 4.69) is 4.98 Å². The summed E-state index contributed by atoms with van der Waals surface area (Å²) in [6.45, 7) is 0. The van der Waals surface area contributed by atoms with Gasteiger partial charge in [0.25, 0.3) is 0 Å². The van der Waals surface area contributed by atoms with Crippen molar-refractivity contribution in [1.29, 1.82) is 0 Å². The number of hydrogen-bond acceptors (Lipinski definition) is 2. The Morgan fingerprint density at radius 2 is 1.88 bits per heavy atom. The van der Waals surface area contributed by atoms with E-state index >= 15 is 0 Å². The number of alkyl halides is 1. The Morgan fingerprint density at radius 1 is 1.12 bits per heavy atom. The SMILES string of the molecule is Fc1cncc(CSc2ccc(CCl)cc2)c1. The van der Waals surface area contributed by atoms with Gasteiger partial charge in [0.15, 0.2) is 0 Å². The van der Waals surface area contributed by atoms with Crippen molar-refractivity contribution < 1.29 is 4.39 Å². The van der Waals surface area contributed by atoms with Crippen LogP contribution < -0.4 is 0 Å². The monoisotopic (exact) mass is 267 g/mol. The average Bonchev–Trinajstić information content (AvgIpc) is 2.37. The molecule has 0 bridgehead atoms. The maximum Gasteiger partial charge on any atom is 0.141 e. The van der Waals surface area contributed by atoms with E-state index < -0.39 is 0 Å². The van der Waals surface area contributed by atoms with Crippen LogP contribution in [0.5, 0.6) is 0 Å². The van der Waals surface area contributed by atoms with Crippen molar-refractivity contribution in [3.8, 4) is 0 Å². The van der Waals surface area contributed by atoms with Crippen molar-refractivity contribution in [2.45, 2.75) is 16.5 Å². The summed E-state index contributed by atoms with van der Waals surface area (Å²) in [5, 5.41) is 0. The summed E-state index contributed by atoms with van der Waals surface area (Å²) in [4.78, 5) is 4.96. The number of thioether (sulfide) groups is 1. The molecular formula is C13H11ClFNS. The molecule has 2 rings (SSSR count). The standard InChI is InChI=1S/C13H11ClFNS/c14-6-10-1-3-13(4-2-10)17-9-11-5-12(15)8-16-7-11/h1-5,7-8H,6,9H2. The van der Waals surface area contributed by atoms with Gasteiger partial charge in [0.05, 0.1) is 6.20 Å². The largest absolute Gasteiger partial charge is 0.261 e. The molecule has 1 aromatic heterocycles. The van der Waals surface area contributed by atoms with Crippen LogP contribution in [0.3, 0.4) is 0 Å². The van der Waals surface area contributed by atoms with E-state index in [0.717, 1.165) is 16.0 Å². The Morgan fingerprint density at radius 3 is 2.53 bits per heavy atom. The summed E-state index contributed by atoms with van der Waals surface area (Å²) in [5.41, 5.74) is 1.99. The normalized spacial score (nSPS) is 10.5. The first-order chi connectivity index (χ1) is 8.28. The maximum atomic E-state index is 12.9. The van der Waals surface area contributed by atoms with Crippen LogP contribution in [-0.4, -0.2) is 4.98 Å². The molecule has 0 aliphatic carbocycles. The predicted octanol–water partition coefficient (Wildman–Crippen LogP) is 4.25. The molecule has 0 N–H and O–H groups in total. The van der Waals surface area contributed by atoms with Crippen LogP contribution in [0.25, 0.3) is 0 Å². The third-order valence-corrected chi connectivity index (χ3v) is 3.64. The van der Waals surface area contributed by atoms with Crippen LogP contribution in [0.2, 0.25) is 0 Å². The van der Waals surface area contributed by atoms with E-state index in [0.29, 0.717) is 11.6 Å². The summed E-state index contributed by atoms with van der Waals surface area (Å²) in [5.74, 6) is 0.949. The number of rotatable bonds is 4. The van der Waals surface area contributed by atoms with Crippen LogP contribution in [0.4, 0.5) is 4.39 Å². The van der Waals surface area contributed by atoms with Gasteiger partial charge in [0.2, 0.25) is 0 Å². The molecule has 1 aromatic carbocycles. The Kier molecular flexibility index (Phi) is 4.40. The van der Waals surface area contributed by atoms with Crippen molar-refractivity contribution in [3.05, 3.63) is 59.7 Å². The molecule has 4 heteroatoms. The second-order valence-corrected chi connectivity index (χ2v) is 4.89. The molecule has 0 saturated carbocycles.